The van der Waals surface area contributed by atoms with Crippen LogP contribution in [0.15, 0.2) is 0 Å². The van der Waals surface area contributed by atoms with Crippen LogP contribution < -0.4 is 5.73 Å². The van der Waals surface area contributed by atoms with Crippen molar-refractivity contribution in [2.75, 3.05) is 18.6 Å². The van der Waals surface area contributed by atoms with Crippen molar-refractivity contribution in [2.24, 2.45) is 5.73 Å². The highest BCUT2D eigenvalue weighted by Crippen LogP contribution is 2.13. The minimum atomic E-state index is -3.02. The van der Waals surface area contributed by atoms with Crippen LogP contribution in [0, 0.1) is 0 Å². The second kappa shape index (κ2) is 3.26. The van der Waals surface area contributed by atoms with Gasteiger partial charge in [-0.05, 0) is 6.92 Å². The van der Waals surface area contributed by atoms with Gasteiger partial charge >= 0.3 is 0 Å². The van der Waals surface area contributed by atoms with Crippen LogP contribution in [0.4, 0.5) is 0 Å². The van der Waals surface area contributed by atoms with E-state index in [4.69, 9.17) is 5.73 Å². The van der Waals surface area contributed by atoms with Crippen LogP contribution in [0.5, 0.6) is 0 Å². The van der Waals surface area contributed by atoms with E-state index in [2.05, 4.69) is 0 Å². The quantitative estimate of drug-likeness (QED) is 0.575. The average Bonchev–Trinajstić information content (AvgIpc) is 1.95. The number of β-lactam (4-membered cyclic amide) rings is 1. The van der Waals surface area contributed by atoms with Gasteiger partial charge < -0.3 is 10.6 Å². The summed E-state index contributed by atoms with van der Waals surface area (Å²) in [6.07, 6.45) is 1.16. The number of nitrogens with zero attached hydrogens (tertiary/aromatic N) is 1. The van der Waals surface area contributed by atoms with Crippen LogP contribution in [0.25, 0.3) is 0 Å². The lowest BCUT2D eigenvalue weighted by molar-refractivity contribution is -0.144. The number of rotatable bonds is 3. The Labute approximate surface area is 77.8 Å². The summed E-state index contributed by atoms with van der Waals surface area (Å²) < 4.78 is 21.8. The van der Waals surface area contributed by atoms with Gasteiger partial charge in [0.25, 0.3) is 0 Å². The monoisotopic (exact) mass is 206 g/mol. The topological polar surface area (TPSA) is 80.5 Å². The number of carbonyl (C=O) groups is 1. The molecule has 1 aliphatic heterocycles. The second-order valence-electron chi connectivity index (χ2n) is 3.54. The van der Waals surface area contributed by atoms with Crippen LogP contribution >= 0.6 is 0 Å². The number of likely N-dealkylation sites (tertiary alicyclic amines) is 1. The Bertz CT molecular complexity index is 312. The van der Waals surface area contributed by atoms with E-state index >= 15 is 0 Å². The number of carbonyl (C=O) groups excluding carboxylic acids is 1. The first kappa shape index (κ1) is 10.5. The molecule has 1 fully saturated rings. The third kappa shape index (κ3) is 2.41. The predicted molar refractivity (Wildman–Crippen MR) is 48.9 cm³/mol. The van der Waals surface area contributed by atoms with Gasteiger partial charge in [0.05, 0.1) is 5.75 Å². The maximum Gasteiger partial charge on any atom is 0.241 e. The van der Waals surface area contributed by atoms with Crippen LogP contribution in [0.2, 0.25) is 0 Å². The van der Waals surface area contributed by atoms with Gasteiger partial charge in [-0.2, -0.15) is 0 Å². The zero-order valence-electron chi connectivity index (χ0n) is 7.73. The molecule has 0 spiro atoms. The van der Waals surface area contributed by atoms with Crippen molar-refractivity contribution in [3.63, 3.8) is 0 Å². The van der Waals surface area contributed by atoms with E-state index in [1.54, 1.807) is 6.92 Å². The summed E-state index contributed by atoms with van der Waals surface area (Å²) in [7, 11) is -3.02. The van der Waals surface area contributed by atoms with Crippen LogP contribution in [0.1, 0.15) is 6.92 Å². The molecule has 1 rings (SSSR count). The molecule has 2 unspecified atom stereocenters. The fourth-order valence-corrected chi connectivity index (χ4v) is 2.46. The molecule has 6 heteroatoms. The van der Waals surface area contributed by atoms with Crippen molar-refractivity contribution < 1.29 is 13.2 Å². The molecule has 0 aromatic heterocycles. The van der Waals surface area contributed by atoms with E-state index in [1.807, 2.05) is 0 Å². The van der Waals surface area contributed by atoms with Crippen LogP contribution in [0.3, 0.4) is 0 Å². The van der Waals surface area contributed by atoms with Gasteiger partial charge in [0.2, 0.25) is 5.91 Å². The third-order valence-electron chi connectivity index (χ3n) is 2.07. The number of hydrogen-bond acceptors (Lipinski definition) is 4. The molecule has 1 heterocycles. The number of sulfone groups is 1. The highest BCUT2D eigenvalue weighted by Gasteiger charge is 2.37. The molecule has 76 valence electrons. The molecule has 0 aromatic rings. The molecule has 0 aliphatic carbocycles. The van der Waals surface area contributed by atoms with E-state index in [0.717, 1.165) is 6.26 Å². The van der Waals surface area contributed by atoms with Crippen molar-refractivity contribution in [1.29, 1.82) is 0 Å². The lowest BCUT2D eigenvalue weighted by Crippen LogP contribution is -2.64. The normalized spacial score (nSPS) is 25.6. The summed E-state index contributed by atoms with van der Waals surface area (Å²) in [5.74, 6) is -0.151. The molecule has 0 bridgehead atoms. The minimum absolute atomic E-state index is 0.00542. The zero-order valence-corrected chi connectivity index (χ0v) is 8.54. The second-order valence-corrected chi connectivity index (χ2v) is 5.72. The largest absolute Gasteiger partial charge is 0.335 e. The summed E-state index contributed by atoms with van der Waals surface area (Å²) >= 11 is 0. The van der Waals surface area contributed by atoms with Gasteiger partial charge in [0, 0.05) is 18.8 Å². The van der Waals surface area contributed by atoms with Crippen LogP contribution in [-0.2, 0) is 14.6 Å². The molecule has 0 saturated carbocycles. The summed E-state index contributed by atoms with van der Waals surface area (Å²) in [5.41, 5.74) is 5.37. The molecule has 2 atom stereocenters. The number of amides is 1. The molecular formula is C7H14N2O3S. The molecular weight excluding hydrogens is 192 g/mol. The van der Waals surface area contributed by atoms with Gasteiger partial charge in [-0.25, -0.2) is 8.42 Å². The fraction of sp³-hybridized carbons (Fsp3) is 0.857. The molecule has 0 radical (unpaired) electrons. The summed E-state index contributed by atoms with van der Waals surface area (Å²) in [4.78, 5) is 12.6. The molecule has 2 N–H and O–H groups in total. The minimum Gasteiger partial charge on any atom is -0.335 e. The summed E-state index contributed by atoms with van der Waals surface area (Å²) in [6, 6.07) is -0.690. The number of nitrogens with two attached hydrogens (primary N) is 1. The highest BCUT2D eigenvalue weighted by atomic mass is 32.2. The van der Waals surface area contributed by atoms with Gasteiger partial charge in [0.15, 0.2) is 0 Å². The Morgan fingerprint density at radius 3 is 2.54 bits per heavy atom. The van der Waals surface area contributed by atoms with E-state index < -0.39 is 15.9 Å². The van der Waals surface area contributed by atoms with Crippen molar-refractivity contribution in [3.8, 4) is 0 Å². The first-order valence-corrected chi connectivity index (χ1v) is 6.11. The van der Waals surface area contributed by atoms with Crippen molar-refractivity contribution in [1.82, 2.24) is 4.90 Å². The predicted octanol–water partition coefficient (Wildman–Crippen LogP) is -1.41. The van der Waals surface area contributed by atoms with Gasteiger partial charge in [0.1, 0.15) is 15.9 Å². The van der Waals surface area contributed by atoms with E-state index in [-0.39, 0.29) is 17.7 Å². The fourth-order valence-electron chi connectivity index (χ4n) is 1.41. The van der Waals surface area contributed by atoms with Crippen molar-refractivity contribution in [2.45, 2.75) is 19.0 Å². The standard InChI is InChI=1S/C7H14N2O3S/c1-5(4-13(2,11)12)9-3-6(8)7(9)10/h5-6H,3-4,8H2,1-2H3. The Kier molecular flexibility index (Phi) is 2.63. The first-order valence-electron chi connectivity index (χ1n) is 4.05. The molecule has 5 nitrogen and oxygen atoms in total. The molecule has 1 saturated heterocycles. The van der Waals surface area contributed by atoms with E-state index in [9.17, 15) is 13.2 Å². The summed E-state index contributed by atoms with van der Waals surface area (Å²) in [5, 5.41) is 0. The molecule has 0 aromatic carbocycles. The Morgan fingerprint density at radius 1 is 1.69 bits per heavy atom. The molecule has 1 amide bonds. The Hall–Kier alpha value is -0.620. The van der Waals surface area contributed by atoms with E-state index in [0.29, 0.717) is 6.54 Å². The average molecular weight is 206 g/mol. The summed E-state index contributed by atoms with van der Waals surface area (Å²) in [6.45, 7) is 2.18. The van der Waals surface area contributed by atoms with Gasteiger partial charge in [-0.3, -0.25) is 4.79 Å². The molecule has 13 heavy (non-hydrogen) atoms. The Morgan fingerprint density at radius 2 is 2.23 bits per heavy atom. The van der Waals surface area contributed by atoms with E-state index in [1.165, 1.54) is 4.90 Å². The van der Waals surface area contributed by atoms with Crippen LogP contribution in [-0.4, -0.2) is 49.9 Å². The van der Waals surface area contributed by atoms with Gasteiger partial charge in [-0.1, -0.05) is 0 Å². The first-order chi connectivity index (χ1) is 5.81. The highest BCUT2D eigenvalue weighted by molar-refractivity contribution is 7.90. The number of hydrogen-bond donors (Lipinski definition) is 1. The Balaban J connectivity index is 2.51. The maximum absolute atomic E-state index is 11.1. The van der Waals surface area contributed by atoms with Crippen molar-refractivity contribution >= 4 is 15.7 Å². The third-order valence-corrected chi connectivity index (χ3v) is 3.16. The smallest absolute Gasteiger partial charge is 0.241 e. The zero-order chi connectivity index (χ0) is 10.2. The lowest BCUT2D eigenvalue weighted by atomic mass is 10.1. The maximum atomic E-state index is 11.1. The van der Waals surface area contributed by atoms with Gasteiger partial charge in [-0.15, -0.1) is 0 Å². The lowest BCUT2D eigenvalue weighted by Gasteiger charge is -2.40. The van der Waals surface area contributed by atoms with Crippen molar-refractivity contribution in [3.05, 3.63) is 0 Å². The molecule has 1 aliphatic rings. The SMILES string of the molecule is CC(CS(C)(=O)=O)N1CC(N)C1=O.